The highest BCUT2D eigenvalue weighted by atomic mass is 16.2. The summed E-state index contributed by atoms with van der Waals surface area (Å²) in [6.45, 7) is 6.61. The van der Waals surface area contributed by atoms with Crippen molar-refractivity contribution in [3.8, 4) is 0 Å². The van der Waals surface area contributed by atoms with Crippen LogP contribution in [0.2, 0.25) is 0 Å². The first-order chi connectivity index (χ1) is 11.9. The normalized spacial score (nSPS) is 13.7. The van der Waals surface area contributed by atoms with Crippen LogP contribution in [0.5, 0.6) is 0 Å². The van der Waals surface area contributed by atoms with Crippen LogP contribution in [0.3, 0.4) is 0 Å². The molecule has 7 heteroatoms. The van der Waals surface area contributed by atoms with Crippen molar-refractivity contribution in [1.82, 2.24) is 25.1 Å². The van der Waals surface area contributed by atoms with Crippen LogP contribution in [0.1, 0.15) is 37.7 Å². The molecule has 0 spiro atoms. The second-order valence-corrected chi connectivity index (χ2v) is 6.83. The zero-order valence-electron chi connectivity index (χ0n) is 15.5. The van der Waals surface area contributed by atoms with E-state index in [1.807, 2.05) is 37.4 Å². The Morgan fingerprint density at radius 2 is 1.96 bits per heavy atom. The molecule has 2 aromatic rings. The lowest BCUT2D eigenvalue weighted by Gasteiger charge is -2.26. The van der Waals surface area contributed by atoms with Gasteiger partial charge >= 0.3 is 0 Å². The van der Waals surface area contributed by atoms with Gasteiger partial charge in [-0.25, -0.2) is 4.68 Å². The number of likely N-dealkylation sites (N-methyl/N-ethyl adjacent to an activating group) is 1. The van der Waals surface area contributed by atoms with Crippen molar-refractivity contribution in [3.63, 3.8) is 0 Å². The highest BCUT2D eigenvalue weighted by Gasteiger charge is 2.27. The number of carbonyl (C=O) groups is 1. The third kappa shape index (κ3) is 5.09. The van der Waals surface area contributed by atoms with Gasteiger partial charge < -0.3 is 10.6 Å². The van der Waals surface area contributed by atoms with Crippen molar-refractivity contribution >= 4 is 5.91 Å². The zero-order chi connectivity index (χ0) is 18.4. The largest absolute Gasteiger partial charge is 0.344 e. The van der Waals surface area contributed by atoms with Crippen LogP contribution in [-0.2, 0) is 11.2 Å². The zero-order valence-corrected chi connectivity index (χ0v) is 15.5. The van der Waals surface area contributed by atoms with Gasteiger partial charge in [0.1, 0.15) is 11.9 Å². The van der Waals surface area contributed by atoms with Gasteiger partial charge in [0.2, 0.25) is 5.91 Å². The fraction of sp³-hybridized carbons (Fsp3) is 0.556. The lowest BCUT2D eigenvalue weighted by molar-refractivity contribution is -0.134. The SMILES string of the molecule is Cc1nnnn1C(Cc1ccccc1)C(=O)N(C)CCC(N)C(C)C. The Hall–Kier alpha value is -2.28. The Morgan fingerprint density at radius 1 is 1.28 bits per heavy atom. The molecule has 1 aromatic carbocycles. The third-order valence-corrected chi connectivity index (χ3v) is 4.54. The van der Waals surface area contributed by atoms with Crippen LogP contribution in [0.4, 0.5) is 0 Å². The van der Waals surface area contributed by atoms with Crippen LogP contribution in [0, 0.1) is 12.8 Å². The Labute approximate surface area is 149 Å². The summed E-state index contributed by atoms with van der Waals surface area (Å²) >= 11 is 0. The number of tetrazole rings is 1. The predicted molar refractivity (Wildman–Crippen MR) is 96.8 cm³/mol. The molecule has 0 bridgehead atoms. The molecule has 0 saturated heterocycles. The number of hydrogen-bond acceptors (Lipinski definition) is 5. The van der Waals surface area contributed by atoms with E-state index in [1.54, 1.807) is 16.5 Å². The second kappa shape index (κ2) is 8.71. The van der Waals surface area contributed by atoms with Gasteiger partial charge in [0.05, 0.1) is 0 Å². The van der Waals surface area contributed by atoms with Crippen molar-refractivity contribution in [2.45, 2.75) is 45.7 Å². The van der Waals surface area contributed by atoms with Gasteiger partial charge in [-0.2, -0.15) is 0 Å². The number of carbonyl (C=O) groups excluding carboxylic acids is 1. The van der Waals surface area contributed by atoms with Crippen molar-refractivity contribution in [2.24, 2.45) is 11.7 Å². The number of amides is 1. The first-order valence-electron chi connectivity index (χ1n) is 8.69. The maximum atomic E-state index is 13.0. The molecule has 136 valence electrons. The molecule has 0 aliphatic rings. The summed E-state index contributed by atoms with van der Waals surface area (Å²) in [7, 11) is 1.81. The average molecular weight is 344 g/mol. The standard InChI is InChI=1S/C18H28N6O/c1-13(2)16(19)10-11-23(4)18(25)17(24-14(3)20-21-22-24)12-15-8-6-5-7-9-15/h5-9,13,16-17H,10-12,19H2,1-4H3. The quantitative estimate of drug-likeness (QED) is 0.785. The minimum atomic E-state index is -0.460. The summed E-state index contributed by atoms with van der Waals surface area (Å²) < 4.78 is 1.61. The van der Waals surface area contributed by atoms with Gasteiger partial charge in [-0.3, -0.25) is 4.79 Å². The van der Waals surface area contributed by atoms with Crippen LogP contribution in [0.25, 0.3) is 0 Å². The van der Waals surface area contributed by atoms with Gasteiger partial charge in [0.25, 0.3) is 0 Å². The van der Waals surface area contributed by atoms with Crippen molar-refractivity contribution in [2.75, 3.05) is 13.6 Å². The van der Waals surface area contributed by atoms with E-state index in [4.69, 9.17) is 5.73 Å². The Kier molecular flexibility index (Phi) is 6.64. The van der Waals surface area contributed by atoms with Gasteiger partial charge in [-0.05, 0) is 35.3 Å². The number of nitrogens with two attached hydrogens (primary N) is 1. The summed E-state index contributed by atoms with van der Waals surface area (Å²) in [5.41, 5.74) is 7.18. The number of aryl methyl sites for hydroxylation is 1. The highest BCUT2D eigenvalue weighted by molar-refractivity contribution is 5.80. The molecular weight excluding hydrogens is 316 g/mol. The lowest BCUT2D eigenvalue weighted by atomic mass is 10.0. The van der Waals surface area contributed by atoms with E-state index in [1.165, 1.54) is 0 Å². The lowest BCUT2D eigenvalue weighted by Crippen LogP contribution is -2.39. The summed E-state index contributed by atoms with van der Waals surface area (Å²) in [6.07, 6.45) is 1.32. The average Bonchev–Trinajstić information content (AvgIpc) is 3.03. The van der Waals surface area contributed by atoms with Crippen LogP contribution in [-0.4, -0.2) is 50.6 Å². The number of benzene rings is 1. The molecule has 25 heavy (non-hydrogen) atoms. The van der Waals surface area contributed by atoms with Gasteiger partial charge in [-0.15, -0.1) is 5.10 Å². The number of hydrogen-bond donors (Lipinski definition) is 1. The van der Waals surface area contributed by atoms with E-state index in [2.05, 4.69) is 29.4 Å². The van der Waals surface area contributed by atoms with E-state index >= 15 is 0 Å². The first-order valence-corrected chi connectivity index (χ1v) is 8.69. The molecule has 2 rings (SSSR count). The smallest absolute Gasteiger partial charge is 0.247 e. The molecule has 0 saturated carbocycles. The molecule has 2 unspecified atom stereocenters. The van der Waals surface area contributed by atoms with E-state index in [0.717, 1.165) is 12.0 Å². The van der Waals surface area contributed by atoms with Crippen LogP contribution in [0.15, 0.2) is 30.3 Å². The second-order valence-electron chi connectivity index (χ2n) is 6.83. The first kappa shape index (κ1) is 19.1. The maximum absolute atomic E-state index is 13.0. The third-order valence-electron chi connectivity index (χ3n) is 4.54. The summed E-state index contributed by atoms with van der Waals surface area (Å²) in [5, 5.41) is 11.6. The number of nitrogens with zero attached hydrogens (tertiary/aromatic N) is 5. The minimum absolute atomic E-state index is 0.00444. The molecular formula is C18H28N6O. The molecule has 7 nitrogen and oxygen atoms in total. The Bertz CT molecular complexity index is 669. The van der Waals surface area contributed by atoms with Crippen molar-refractivity contribution in [3.05, 3.63) is 41.7 Å². The van der Waals surface area contributed by atoms with Gasteiger partial charge in [0.15, 0.2) is 0 Å². The van der Waals surface area contributed by atoms with Gasteiger partial charge in [-0.1, -0.05) is 44.2 Å². The molecule has 0 aliphatic heterocycles. The molecule has 2 N–H and O–H groups in total. The molecule has 1 amide bonds. The van der Waals surface area contributed by atoms with E-state index in [-0.39, 0.29) is 11.9 Å². The predicted octanol–water partition coefficient (Wildman–Crippen LogP) is 1.60. The molecule has 0 fully saturated rings. The van der Waals surface area contributed by atoms with Crippen molar-refractivity contribution < 1.29 is 4.79 Å². The van der Waals surface area contributed by atoms with Crippen LogP contribution >= 0.6 is 0 Å². The number of rotatable bonds is 8. The van der Waals surface area contributed by atoms with E-state index in [9.17, 15) is 4.79 Å². The minimum Gasteiger partial charge on any atom is -0.344 e. The molecule has 1 heterocycles. The molecule has 0 aliphatic carbocycles. The van der Waals surface area contributed by atoms with Crippen molar-refractivity contribution in [1.29, 1.82) is 0 Å². The monoisotopic (exact) mass is 344 g/mol. The Morgan fingerprint density at radius 3 is 2.52 bits per heavy atom. The maximum Gasteiger partial charge on any atom is 0.247 e. The fourth-order valence-electron chi connectivity index (χ4n) is 2.68. The molecule has 0 radical (unpaired) electrons. The van der Waals surface area contributed by atoms with Crippen LogP contribution < -0.4 is 5.73 Å². The number of aromatic nitrogens is 4. The van der Waals surface area contributed by atoms with E-state index < -0.39 is 6.04 Å². The van der Waals surface area contributed by atoms with Gasteiger partial charge in [0, 0.05) is 26.1 Å². The summed E-state index contributed by atoms with van der Waals surface area (Å²) in [4.78, 5) is 14.8. The Balaban J connectivity index is 2.14. The fourth-order valence-corrected chi connectivity index (χ4v) is 2.68. The molecule has 2 atom stereocenters. The summed E-state index contributed by atoms with van der Waals surface area (Å²) in [6, 6.07) is 9.53. The topological polar surface area (TPSA) is 89.9 Å². The summed E-state index contributed by atoms with van der Waals surface area (Å²) in [5.74, 6) is 1.02. The molecule has 1 aromatic heterocycles. The van der Waals surface area contributed by atoms with E-state index in [0.29, 0.717) is 24.7 Å². The highest BCUT2D eigenvalue weighted by Crippen LogP contribution is 2.17.